The van der Waals surface area contributed by atoms with Crippen molar-refractivity contribution >= 4 is 17.3 Å². The van der Waals surface area contributed by atoms with E-state index in [2.05, 4.69) is 21.0 Å². The van der Waals surface area contributed by atoms with Crippen LogP contribution in [-0.2, 0) is 18.4 Å². The summed E-state index contributed by atoms with van der Waals surface area (Å²) in [5.41, 5.74) is 4.09. The maximum Gasteiger partial charge on any atom is 0.244 e. The number of aromatic nitrogens is 2. The van der Waals surface area contributed by atoms with Gasteiger partial charge in [0.15, 0.2) is 0 Å². The summed E-state index contributed by atoms with van der Waals surface area (Å²) in [7, 11) is 1.89. The SMILES string of the molecule is Cc1c(CNC(=O)C2CNc3ccccc3N2)cnn1C. The van der Waals surface area contributed by atoms with Crippen LogP contribution in [0.5, 0.6) is 0 Å². The number of para-hydroxylation sites is 2. The van der Waals surface area contributed by atoms with E-state index >= 15 is 0 Å². The summed E-state index contributed by atoms with van der Waals surface area (Å²) < 4.78 is 1.80. The number of carbonyl (C=O) groups is 1. The largest absolute Gasteiger partial charge is 0.381 e. The van der Waals surface area contributed by atoms with Gasteiger partial charge in [-0.1, -0.05) is 12.1 Å². The molecule has 1 aliphatic heterocycles. The van der Waals surface area contributed by atoms with Gasteiger partial charge in [-0.15, -0.1) is 0 Å². The average Bonchev–Trinajstić information content (AvgIpc) is 2.84. The van der Waals surface area contributed by atoms with E-state index in [1.165, 1.54) is 0 Å². The van der Waals surface area contributed by atoms with E-state index in [-0.39, 0.29) is 11.9 Å². The number of carbonyl (C=O) groups excluding carboxylic acids is 1. The predicted octanol–water partition coefficient (Wildman–Crippen LogP) is 1.25. The van der Waals surface area contributed by atoms with Crippen LogP contribution >= 0.6 is 0 Å². The second kappa shape index (κ2) is 5.47. The topological polar surface area (TPSA) is 71.0 Å². The van der Waals surface area contributed by atoms with E-state index in [0.29, 0.717) is 13.1 Å². The van der Waals surface area contributed by atoms with Crippen molar-refractivity contribution in [3.05, 3.63) is 41.7 Å². The Labute approximate surface area is 123 Å². The standard InChI is InChI=1S/C15H19N5O/c1-10-11(8-18-20(10)2)7-17-15(21)14-9-16-12-5-3-4-6-13(12)19-14/h3-6,8,14,16,19H,7,9H2,1-2H3,(H,17,21). The second-order valence-electron chi connectivity index (χ2n) is 5.22. The summed E-state index contributed by atoms with van der Waals surface area (Å²) in [5, 5.41) is 13.7. The smallest absolute Gasteiger partial charge is 0.244 e. The molecule has 3 rings (SSSR count). The van der Waals surface area contributed by atoms with Crippen molar-refractivity contribution < 1.29 is 4.79 Å². The number of rotatable bonds is 3. The summed E-state index contributed by atoms with van der Waals surface area (Å²) in [6, 6.07) is 7.62. The lowest BCUT2D eigenvalue weighted by molar-refractivity contribution is -0.121. The van der Waals surface area contributed by atoms with Crippen LogP contribution in [0.4, 0.5) is 11.4 Å². The maximum atomic E-state index is 12.3. The zero-order valence-corrected chi connectivity index (χ0v) is 12.2. The number of fused-ring (bicyclic) bond motifs is 1. The van der Waals surface area contributed by atoms with Crippen LogP contribution in [0.25, 0.3) is 0 Å². The number of anilines is 2. The minimum atomic E-state index is -0.267. The number of hydrogen-bond acceptors (Lipinski definition) is 4. The monoisotopic (exact) mass is 285 g/mol. The van der Waals surface area contributed by atoms with E-state index in [4.69, 9.17) is 0 Å². The molecule has 1 amide bonds. The normalized spacial score (nSPS) is 16.6. The molecule has 0 spiro atoms. The van der Waals surface area contributed by atoms with Gasteiger partial charge in [-0.3, -0.25) is 9.48 Å². The summed E-state index contributed by atoms with van der Waals surface area (Å²) in [6.07, 6.45) is 1.79. The van der Waals surface area contributed by atoms with Gasteiger partial charge in [-0.25, -0.2) is 0 Å². The third-order valence-electron chi connectivity index (χ3n) is 3.86. The maximum absolute atomic E-state index is 12.3. The Kier molecular flexibility index (Phi) is 3.51. The van der Waals surface area contributed by atoms with Gasteiger partial charge in [0.25, 0.3) is 0 Å². The Balaban J connectivity index is 1.61. The summed E-state index contributed by atoms with van der Waals surface area (Å²) in [4.78, 5) is 12.3. The Morgan fingerprint density at radius 1 is 1.43 bits per heavy atom. The van der Waals surface area contributed by atoms with Gasteiger partial charge >= 0.3 is 0 Å². The van der Waals surface area contributed by atoms with E-state index in [1.54, 1.807) is 10.9 Å². The van der Waals surface area contributed by atoms with E-state index in [1.807, 2.05) is 38.2 Å². The van der Waals surface area contributed by atoms with Crippen molar-refractivity contribution in [1.29, 1.82) is 0 Å². The highest BCUT2D eigenvalue weighted by molar-refractivity contribution is 5.88. The molecular formula is C15H19N5O. The first-order chi connectivity index (χ1) is 10.1. The molecule has 0 bridgehead atoms. The molecule has 0 saturated heterocycles. The van der Waals surface area contributed by atoms with Gasteiger partial charge in [-0.05, 0) is 19.1 Å². The lowest BCUT2D eigenvalue weighted by atomic mass is 10.1. The lowest BCUT2D eigenvalue weighted by Gasteiger charge is -2.27. The van der Waals surface area contributed by atoms with Crippen molar-refractivity contribution in [3.63, 3.8) is 0 Å². The molecule has 110 valence electrons. The fraction of sp³-hybridized carbons (Fsp3) is 0.333. The predicted molar refractivity (Wildman–Crippen MR) is 82.1 cm³/mol. The molecule has 0 aliphatic carbocycles. The van der Waals surface area contributed by atoms with Crippen LogP contribution in [-0.4, -0.2) is 28.3 Å². The number of nitrogens with zero attached hydrogens (tertiary/aromatic N) is 2. The molecule has 1 atom stereocenters. The first-order valence-electron chi connectivity index (χ1n) is 7.00. The van der Waals surface area contributed by atoms with Gasteiger partial charge < -0.3 is 16.0 Å². The molecule has 1 unspecified atom stereocenters. The third-order valence-corrected chi connectivity index (χ3v) is 3.86. The highest BCUT2D eigenvalue weighted by atomic mass is 16.2. The Morgan fingerprint density at radius 2 is 2.19 bits per heavy atom. The molecule has 1 aromatic carbocycles. The molecule has 0 fully saturated rings. The van der Waals surface area contributed by atoms with Crippen molar-refractivity contribution in [2.75, 3.05) is 17.2 Å². The first-order valence-corrected chi connectivity index (χ1v) is 7.00. The molecule has 6 nitrogen and oxygen atoms in total. The fourth-order valence-electron chi connectivity index (χ4n) is 2.40. The number of aryl methyl sites for hydroxylation is 1. The first kappa shape index (κ1) is 13.5. The van der Waals surface area contributed by atoms with E-state index in [0.717, 1.165) is 22.6 Å². The molecule has 0 radical (unpaired) electrons. The third kappa shape index (κ3) is 2.69. The minimum Gasteiger partial charge on any atom is -0.381 e. The number of hydrogen-bond donors (Lipinski definition) is 3. The van der Waals surface area contributed by atoms with Crippen LogP contribution in [0.1, 0.15) is 11.3 Å². The quantitative estimate of drug-likeness (QED) is 0.794. The van der Waals surface area contributed by atoms with Gasteiger partial charge in [0.2, 0.25) is 5.91 Å². The molecule has 1 aromatic heterocycles. The van der Waals surface area contributed by atoms with Crippen LogP contribution in [0.3, 0.4) is 0 Å². The van der Waals surface area contributed by atoms with Crippen LogP contribution in [0, 0.1) is 6.92 Å². The van der Waals surface area contributed by atoms with Gasteiger partial charge in [0.1, 0.15) is 6.04 Å². The van der Waals surface area contributed by atoms with Crippen molar-refractivity contribution in [1.82, 2.24) is 15.1 Å². The number of amides is 1. The minimum absolute atomic E-state index is 0.0137. The Bertz CT molecular complexity index is 664. The van der Waals surface area contributed by atoms with E-state index < -0.39 is 0 Å². The summed E-state index contributed by atoms with van der Waals surface area (Å²) in [5.74, 6) is -0.0137. The fourth-order valence-corrected chi connectivity index (χ4v) is 2.40. The molecular weight excluding hydrogens is 266 g/mol. The number of benzene rings is 1. The number of nitrogens with one attached hydrogen (secondary N) is 3. The Morgan fingerprint density at radius 3 is 2.90 bits per heavy atom. The zero-order chi connectivity index (χ0) is 14.8. The lowest BCUT2D eigenvalue weighted by Crippen LogP contribution is -2.45. The van der Waals surface area contributed by atoms with Crippen LogP contribution in [0.15, 0.2) is 30.5 Å². The van der Waals surface area contributed by atoms with Gasteiger partial charge in [0, 0.05) is 31.4 Å². The molecule has 21 heavy (non-hydrogen) atoms. The van der Waals surface area contributed by atoms with Crippen molar-refractivity contribution in [2.45, 2.75) is 19.5 Å². The summed E-state index contributed by atoms with van der Waals surface area (Å²) >= 11 is 0. The highest BCUT2D eigenvalue weighted by Crippen LogP contribution is 2.25. The average molecular weight is 285 g/mol. The van der Waals surface area contributed by atoms with Crippen LogP contribution < -0.4 is 16.0 Å². The van der Waals surface area contributed by atoms with E-state index in [9.17, 15) is 4.79 Å². The van der Waals surface area contributed by atoms with Crippen molar-refractivity contribution in [3.8, 4) is 0 Å². The van der Waals surface area contributed by atoms with Crippen molar-refractivity contribution in [2.24, 2.45) is 7.05 Å². The molecule has 6 heteroatoms. The molecule has 0 saturated carbocycles. The van der Waals surface area contributed by atoms with Gasteiger partial charge in [-0.2, -0.15) is 5.10 Å². The Hall–Kier alpha value is -2.50. The highest BCUT2D eigenvalue weighted by Gasteiger charge is 2.23. The van der Waals surface area contributed by atoms with Crippen LogP contribution in [0.2, 0.25) is 0 Å². The summed E-state index contributed by atoms with van der Waals surface area (Å²) in [6.45, 7) is 3.07. The molecule has 1 aliphatic rings. The molecule has 2 heterocycles. The molecule has 2 aromatic rings. The zero-order valence-electron chi connectivity index (χ0n) is 12.2. The molecule has 3 N–H and O–H groups in total. The van der Waals surface area contributed by atoms with Gasteiger partial charge in [0.05, 0.1) is 17.6 Å². The second-order valence-corrected chi connectivity index (χ2v) is 5.22.